The van der Waals surface area contributed by atoms with Crippen molar-refractivity contribution in [3.05, 3.63) is 11.3 Å². The van der Waals surface area contributed by atoms with Gasteiger partial charge in [-0.05, 0) is 25.7 Å². The summed E-state index contributed by atoms with van der Waals surface area (Å²) in [6.07, 6.45) is 2.57. The third-order valence-electron chi connectivity index (χ3n) is 4.44. The zero-order valence-electron chi connectivity index (χ0n) is 14.1. The molecule has 0 spiro atoms. The molecule has 5 heteroatoms. The molecule has 2 heterocycles. The van der Waals surface area contributed by atoms with Gasteiger partial charge in [-0.15, -0.1) is 0 Å². The van der Waals surface area contributed by atoms with Crippen molar-refractivity contribution in [2.75, 3.05) is 31.7 Å². The molecule has 0 amide bonds. The number of nitrogens with zero attached hydrogens (tertiary/aromatic N) is 3. The van der Waals surface area contributed by atoms with Crippen molar-refractivity contribution in [1.29, 1.82) is 0 Å². The molecular formula is C16H30N4O. The molecule has 1 N–H and O–H groups in total. The Balaban J connectivity index is 2.18. The fourth-order valence-electron chi connectivity index (χ4n) is 3.39. The summed E-state index contributed by atoms with van der Waals surface area (Å²) in [7, 11) is 3.80. The Morgan fingerprint density at radius 1 is 1.43 bits per heavy atom. The van der Waals surface area contributed by atoms with Gasteiger partial charge in [0.15, 0.2) is 0 Å². The molecule has 120 valence electrons. The van der Waals surface area contributed by atoms with Gasteiger partial charge in [-0.25, -0.2) is 0 Å². The van der Waals surface area contributed by atoms with Crippen LogP contribution in [0.25, 0.3) is 0 Å². The number of nitrogens with one attached hydrogen (secondary N) is 1. The molecule has 0 aliphatic carbocycles. The smallest absolute Gasteiger partial charge is 0.131 e. The van der Waals surface area contributed by atoms with E-state index in [2.05, 4.69) is 47.8 Å². The first-order valence-electron chi connectivity index (χ1n) is 8.05. The summed E-state index contributed by atoms with van der Waals surface area (Å²) in [5.74, 6) is 1.98. The van der Waals surface area contributed by atoms with Crippen LogP contribution in [0.15, 0.2) is 0 Å². The van der Waals surface area contributed by atoms with E-state index >= 15 is 0 Å². The molecule has 1 unspecified atom stereocenters. The lowest BCUT2D eigenvalue weighted by molar-refractivity contribution is 0.199. The van der Waals surface area contributed by atoms with Crippen LogP contribution in [0.4, 0.5) is 5.82 Å². The topological polar surface area (TPSA) is 42.3 Å². The second-order valence-corrected chi connectivity index (χ2v) is 6.33. The molecule has 1 fully saturated rings. The van der Waals surface area contributed by atoms with E-state index in [-0.39, 0.29) is 0 Å². The first kappa shape index (κ1) is 16.3. The standard InChI is InChI=1S/C16H30N4O/c1-12(2)15-7-6-9-20(15)16-14(11-17-8-10-21-5)13(3)18-19(16)4/h12,15,17H,6-11H2,1-5H3. The molecule has 0 saturated carbocycles. The first-order chi connectivity index (χ1) is 10.1. The van der Waals surface area contributed by atoms with Crippen LogP contribution in [0.3, 0.4) is 0 Å². The predicted octanol–water partition coefficient (Wildman–Crippen LogP) is 2.09. The van der Waals surface area contributed by atoms with Gasteiger partial charge in [0, 0.05) is 45.4 Å². The molecule has 1 saturated heterocycles. The molecule has 1 aromatic rings. The SMILES string of the molecule is COCCNCc1c(C)nn(C)c1N1CCCC1C(C)C. The van der Waals surface area contributed by atoms with Crippen LogP contribution in [-0.4, -0.2) is 42.6 Å². The van der Waals surface area contributed by atoms with E-state index in [0.29, 0.717) is 12.0 Å². The minimum absolute atomic E-state index is 0.637. The summed E-state index contributed by atoms with van der Waals surface area (Å²) in [5, 5.41) is 8.11. The lowest BCUT2D eigenvalue weighted by Gasteiger charge is -2.30. The minimum atomic E-state index is 0.637. The van der Waals surface area contributed by atoms with Crippen LogP contribution < -0.4 is 10.2 Å². The summed E-state index contributed by atoms with van der Waals surface area (Å²) in [4.78, 5) is 2.57. The van der Waals surface area contributed by atoms with Gasteiger partial charge < -0.3 is 15.0 Å². The van der Waals surface area contributed by atoms with Gasteiger partial charge >= 0.3 is 0 Å². The number of anilines is 1. The van der Waals surface area contributed by atoms with Gasteiger partial charge in [0.25, 0.3) is 0 Å². The van der Waals surface area contributed by atoms with Crippen LogP contribution in [0.2, 0.25) is 0 Å². The summed E-state index contributed by atoms with van der Waals surface area (Å²) in [6, 6.07) is 0.637. The van der Waals surface area contributed by atoms with Crippen LogP contribution in [-0.2, 0) is 18.3 Å². The third-order valence-corrected chi connectivity index (χ3v) is 4.44. The van der Waals surface area contributed by atoms with Gasteiger partial charge in [-0.1, -0.05) is 13.8 Å². The Kier molecular flexibility index (Phi) is 5.65. The molecule has 0 bridgehead atoms. The number of aromatic nitrogens is 2. The van der Waals surface area contributed by atoms with Crippen molar-refractivity contribution in [2.45, 2.75) is 46.2 Å². The van der Waals surface area contributed by atoms with E-state index in [1.165, 1.54) is 24.2 Å². The molecule has 5 nitrogen and oxygen atoms in total. The maximum Gasteiger partial charge on any atom is 0.131 e. The number of methoxy groups -OCH3 is 1. The Bertz CT molecular complexity index is 455. The number of rotatable bonds is 7. The first-order valence-corrected chi connectivity index (χ1v) is 8.05. The van der Waals surface area contributed by atoms with Gasteiger partial charge in [-0.2, -0.15) is 5.10 Å². The molecule has 1 atom stereocenters. The highest BCUT2D eigenvalue weighted by molar-refractivity contribution is 5.52. The van der Waals surface area contributed by atoms with Crippen molar-refractivity contribution >= 4 is 5.82 Å². The predicted molar refractivity (Wildman–Crippen MR) is 86.7 cm³/mol. The highest BCUT2D eigenvalue weighted by Gasteiger charge is 2.31. The van der Waals surface area contributed by atoms with Gasteiger partial charge in [0.2, 0.25) is 0 Å². The number of hydrogen-bond acceptors (Lipinski definition) is 4. The van der Waals surface area contributed by atoms with Crippen LogP contribution in [0.1, 0.15) is 37.9 Å². The third kappa shape index (κ3) is 3.58. The summed E-state index contributed by atoms with van der Waals surface area (Å²) < 4.78 is 7.16. The average molecular weight is 294 g/mol. The van der Waals surface area contributed by atoms with Crippen molar-refractivity contribution < 1.29 is 4.74 Å². The van der Waals surface area contributed by atoms with Crippen molar-refractivity contribution in [3.63, 3.8) is 0 Å². The zero-order chi connectivity index (χ0) is 15.4. The van der Waals surface area contributed by atoms with E-state index in [9.17, 15) is 0 Å². The molecular weight excluding hydrogens is 264 g/mol. The number of hydrogen-bond donors (Lipinski definition) is 1. The zero-order valence-corrected chi connectivity index (χ0v) is 14.1. The van der Waals surface area contributed by atoms with E-state index < -0.39 is 0 Å². The van der Waals surface area contributed by atoms with Crippen molar-refractivity contribution in [2.24, 2.45) is 13.0 Å². The number of ether oxygens (including phenoxy) is 1. The lowest BCUT2D eigenvalue weighted by Crippen LogP contribution is -2.35. The van der Waals surface area contributed by atoms with E-state index in [0.717, 1.165) is 31.9 Å². The van der Waals surface area contributed by atoms with Crippen LogP contribution in [0.5, 0.6) is 0 Å². The normalized spacial score (nSPS) is 19.0. The lowest BCUT2D eigenvalue weighted by atomic mass is 10.0. The molecule has 1 aromatic heterocycles. The quantitative estimate of drug-likeness (QED) is 0.782. The average Bonchev–Trinajstić information content (AvgIpc) is 2.99. The molecule has 0 radical (unpaired) electrons. The summed E-state index contributed by atoms with van der Waals surface area (Å²) in [6.45, 7) is 10.4. The Morgan fingerprint density at radius 2 is 2.19 bits per heavy atom. The molecule has 2 rings (SSSR count). The number of aryl methyl sites for hydroxylation is 2. The molecule has 21 heavy (non-hydrogen) atoms. The summed E-state index contributed by atoms with van der Waals surface area (Å²) in [5.41, 5.74) is 2.47. The Hall–Kier alpha value is -1.07. The second kappa shape index (κ2) is 7.27. The fourth-order valence-corrected chi connectivity index (χ4v) is 3.39. The van der Waals surface area contributed by atoms with Crippen LogP contribution in [0, 0.1) is 12.8 Å². The largest absolute Gasteiger partial charge is 0.383 e. The monoisotopic (exact) mass is 294 g/mol. The summed E-state index contributed by atoms with van der Waals surface area (Å²) >= 11 is 0. The second-order valence-electron chi connectivity index (χ2n) is 6.33. The molecule has 1 aliphatic heterocycles. The minimum Gasteiger partial charge on any atom is -0.383 e. The van der Waals surface area contributed by atoms with Gasteiger partial charge in [0.1, 0.15) is 5.82 Å². The van der Waals surface area contributed by atoms with Gasteiger partial charge in [0.05, 0.1) is 12.3 Å². The van der Waals surface area contributed by atoms with E-state index in [4.69, 9.17) is 4.74 Å². The fraction of sp³-hybridized carbons (Fsp3) is 0.812. The van der Waals surface area contributed by atoms with E-state index in [1.807, 2.05) is 0 Å². The molecule has 0 aromatic carbocycles. The Labute approximate surface area is 128 Å². The maximum atomic E-state index is 5.10. The molecule has 1 aliphatic rings. The highest BCUT2D eigenvalue weighted by atomic mass is 16.5. The van der Waals surface area contributed by atoms with Crippen molar-refractivity contribution in [3.8, 4) is 0 Å². The van der Waals surface area contributed by atoms with E-state index in [1.54, 1.807) is 7.11 Å². The maximum absolute atomic E-state index is 5.10. The highest BCUT2D eigenvalue weighted by Crippen LogP contribution is 2.33. The van der Waals surface area contributed by atoms with Gasteiger partial charge in [-0.3, -0.25) is 4.68 Å². The van der Waals surface area contributed by atoms with Crippen molar-refractivity contribution in [1.82, 2.24) is 15.1 Å². The Morgan fingerprint density at radius 3 is 2.86 bits per heavy atom. The van der Waals surface area contributed by atoms with Crippen LogP contribution >= 0.6 is 0 Å².